The van der Waals surface area contributed by atoms with Crippen molar-refractivity contribution >= 4 is 12.1 Å². The predicted octanol–water partition coefficient (Wildman–Crippen LogP) is 0.913. The fourth-order valence-corrected chi connectivity index (χ4v) is 1.07. The van der Waals surface area contributed by atoms with E-state index in [0.29, 0.717) is 6.54 Å². The number of hydrogen-bond acceptors (Lipinski definition) is 4. The third kappa shape index (κ3) is 5.55. The molecule has 0 atom stereocenters. The Morgan fingerprint density at radius 2 is 2.06 bits per heavy atom. The average Bonchev–Trinajstić information content (AvgIpc) is 2.26. The molecule has 0 aromatic carbocycles. The lowest BCUT2D eigenvalue weighted by Crippen LogP contribution is -2.46. The molecule has 16 heavy (non-hydrogen) atoms. The van der Waals surface area contributed by atoms with Crippen molar-refractivity contribution in [1.82, 2.24) is 10.2 Å². The van der Waals surface area contributed by atoms with Crippen LogP contribution in [0, 0.1) is 0 Å². The summed E-state index contributed by atoms with van der Waals surface area (Å²) in [7, 11) is 0. The number of amides is 3. The van der Waals surface area contributed by atoms with Crippen LogP contribution in [0.4, 0.5) is 9.59 Å². The normalized spacial score (nSPS) is 9.69. The number of imide groups is 1. The molecule has 3 N–H and O–H groups in total. The molecule has 0 aliphatic heterocycles. The van der Waals surface area contributed by atoms with Gasteiger partial charge in [-0.05, 0) is 13.3 Å². The number of rotatable bonds is 6. The molecule has 94 valence electrons. The van der Waals surface area contributed by atoms with E-state index in [2.05, 4.69) is 5.32 Å². The summed E-state index contributed by atoms with van der Waals surface area (Å²) in [6.07, 6.45) is 1.21. The van der Waals surface area contributed by atoms with Gasteiger partial charge < -0.3 is 15.8 Å². The number of nitrogens with zero attached hydrogens (tertiary/aromatic N) is 1. The van der Waals surface area contributed by atoms with Gasteiger partial charge in [-0.2, -0.15) is 0 Å². The zero-order chi connectivity index (χ0) is 12.4. The minimum atomic E-state index is -0.651. The van der Waals surface area contributed by atoms with E-state index in [-0.39, 0.29) is 19.7 Å². The Balaban J connectivity index is 4.17. The van der Waals surface area contributed by atoms with Crippen molar-refractivity contribution in [2.24, 2.45) is 5.73 Å². The van der Waals surface area contributed by atoms with E-state index < -0.39 is 12.1 Å². The first kappa shape index (κ1) is 14.7. The van der Waals surface area contributed by atoms with Crippen LogP contribution in [0.1, 0.15) is 26.7 Å². The maximum atomic E-state index is 11.6. The van der Waals surface area contributed by atoms with E-state index >= 15 is 0 Å². The molecule has 0 bridgehead atoms. The second-order valence-electron chi connectivity index (χ2n) is 3.22. The van der Waals surface area contributed by atoms with E-state index in [1.165, 1.54) is 0 Å². The summed E-state index contributed by atoms with van der Waals surface area (Å²) < 4.78 is 4.75. The molecule has 0 radical (unpaired) electrons. The number of nitrogens with two attached hydrogens (primary N) is 1. The number of nitrogens with one attached hydrogen (secondary N) is 1. The summed E-state index contributed by atoms with van der Waals surface area (Å²) in [5.41, 5.74) is 5.33. The Morgan fingerprint density at radius 3 is 2.56 bits per heavy atom. The first-order chi connectivity index (χ1) is 7.67. The minimum absolute atomic E-state index is 0.163. The molecule has 3 amide bonds. The highest BCUT2D eigenvalue weighted by Crippen LogP contribution is 1.95. The Kier molecular flexibility index (Phi) is 8.24. The van der Waals surface area contributed by atoms with Crippen LogP contribution in [0.2, 0.25) is 0 Å². The molecule has 0 unspecified atom stereocenters. The predicted molar refractivity (Wildman–Crippen MR) is 61.1 cm³/mol. The van der Waals surface area contributed by atoms with Crippen LogP contribution in [-0.2, 0) is 4.74 Å². The fourth-order valence-electron chi connectivity index (χ4n) is 1.07. The second kappa shape index (κ2) is 8.96. The summed E-state index contributed by atoms with van der Waals surface area (Å²) in [5, 5.41) is 2.64. The zero-order valence-electron chi connectivity index (χ0n) is 9.99. The Labute approximate surface area is 96.1 Å². The Bertz CT molecular complexity index is 221. The smallest absolute Gasteiger partial charge is 0.418 e. The zero-order valence-corrected chi connectivity index (χ0v) is 9.99. The van der Waals surface area contributed by atoms with Crippen molar-refractivity contribution in [3.05, 3.63) is 0 Å². The van der Waals surface area contributed by atoms with Gasteiger partial charge in [0.15, 0.2) is 0 Å². The van der Waals surface area contributed by atoms with Gasteiger partial charge >= 0.3 is 12.1 Å². The third-order valence-electron chi connectivity index (χ3n) is 1.89. The summed E-state index contributed by atoms with van der Waals surface area (Å²) in [6, 6.07) is -0.447. The molecule has 0 aromatic heterocycles. The van der Waals surface area contributed by atoms with E-state index in [4.69, 9.17) is 10.5 Å². The molecular weight excluding hydrogens is 210 g/mol. The monoisotopic (exact) mass is 231 g/mol. The van der Waals surface area contributed by atoms with Crippen LogP contribution in [0.3, 0.4) is 0 Å². The van der Waals surface area contributed by atoms with Crippen LogP contribution < -0.4 is 11.1 Å². The third-order valence-corrected chi connectivity index (χ3v) is 1.89. The molecule has 0 rings (SSSR count). The number of unbranched alkanes of at least 4 members (excludes halogenated alkanes) is 1. The molecule has 0 saturated carbocycles. The summed E-state index contributed by atoms with van der Waals surface area (Å²) in [5.74, 6) is 0. The number of hydrogen-bond donors (Lipinski definition) is 2. The molecule has 6 nitrogen and oxygen atoms in total. The van der Waals surface area contributed by atoms with Crippen molar-refractivity contribution < 1.29 is 14.3 Å². The fraction of sp³-hybridized carbons (Fsp3) is 0.800. The quantitative estimate of drug-likeness (QED) is 0.665. The van der Waals surface area contributed by atoms with Crippen LogP contribution in [0.15, 0.2) is 0 Å². The maximum Gasteiger partial charge on any atom is 0.418 e. The average molecular weight is 231 g/mol. The molecule has 0 saturated heterocycles. The highest BCUT2D eigenvalue weighted by molar-refractivity contribution is 5.90. The number of carbonyl (C=O) groups is 2. The number of urea groups is 1. The summed E-state index contributed by atoms with van der Waals surface area (Å²) >= 11 is 0. The molecule has 0 aliphatic rings. The van der Waals surface area contributed by atoms with Gasteiger partial charge in [-0.3, -0.25) is 0 Å². The highest BCUT2D eigenvalue weighted by atomic mass is 16.6. The topological polar surface area (TPSA) is 84.7 Å². The van der Waals surface area contributed by atoms with Crippen molar-refractivity contribution in [2.75, 3.05) is 26.2 Å². The van der Waals surface area contributed by atoms with Crippen LogP contribution in [0.25, 0.3) is 0 Å². The number of ether oxygens (including phenoxy) is 1. The van der Waals surface area contributed by atoms with Gasteiger partial charge in [-0.15, -0.1) is 0 Å². The van der Waals surface area contributed by atoms with Gasteiger partial charge in [0.2, 0.25) is 0 Å². The highest BCUT2D eigenvalue weighted by Gasteiger charge is 2.20. The SMILES string of the molecule is CCCCNC(=O)N(CCN)C(=O)OCC. The molecule has 0 heterocycles. The lowest BCUT2D eigenvalue weighted by atomic mass is 10.3. The van der Waals surface area contributed by atoms with Crippen LogP contribution in [0.5, 0.6) is 0 Å². The van der Waals surface area contributed by atoms with Crippen molar-refractivity contribution in [3.63, 3.8) is 0 Å². The van der Waals surface area contributed by atoms with Gasteiger partial charge in [-0.1, -0.05) is 13.3 Å². The van der Waals surface area contributed by atoms with E-state index in [1.54, 1.807) is 6.92 Å². The molecule has 0 fully saturated rings. The maximum absolute atomic E-state index is 11.6. The molecular formula is C10H21N3O3. The first-order valence-electron chi connectivity index (χ1n) is 5.59. The molecule has 0 aromatic rings. The van der Waals surface area contributed by atoms with Gasteiger partial charge in [0.1, 0.15) is 0 Å². The summed E-state index contributed by atoms with van der Waals surface area (Å²) in [4.78, 5) is 24.0. The number of carbonyl (C=O) groups excluding carboxylic acids is 2. The van der Waals surface area contributed by atoms with E-state index in [9.17, 15) is 9.59 Å². The van der Waals surface area contributed by atoms with E-state index in [0.717, 1.165) is 17.7 Å². The van der Waals surface area contributed by atoms with Crippen molar-refractivity contribution in [2.45, 2.75) is 26.7 Å². The first-order valence-corrected chi connectivity index (χ1v) is 5.59. The Hall–Kier alpha value is -1.30. The molecule has 0 spiro atoms. The standard InChI is InChI=1S/C10H21N3O3/c1-3-5-7-12-9(14)13(8-6-11)10(15)16-4-2/h3-8,11H2,1-2H3,(H,12,14). The molecule has 0 aliphatic carbocycles. The largest absolute Gasteiger partial charge is 0.449 e. The van der Waals surface area contributed by atoms with E-state index in [1.807, 2.05) is 6.92 Å². The van der Waals surface area contributed by atoms with Gasteiger partial charge in [-0.25, -0.2) is 14.5 Å². The second-order valence-corrected chi connectivity index (χ2v) is 3.22. The summed E-state index contributed by atoms with van der Waals surface area (Å²) in [6.45, 7) is 4.89. The van der Waals surface area contributed by atoms with Gasteiger partial charge in [0.05, 0.1) is 6.61 Å². The Morgan fingerprint density at radius 1 is 1.38 bits per heavy atom. The molecule has 6 heteroatoms. The van der Waals surface area contributed by atoms with Gasteiger partial charge in [0.25, 0.3) is 0 Å². The van der Waals surface area contributed by atoms with Crippen molar-refractivity contribution in [3.8, 4) is 0 Å². The minimum Gasteiger partial charge on any atom is -0.449 e. The van der Waals surface area contributed by atoms with Crippen LogP contribution in [-0.4, -0.2) is 43.3 Å². The van der Waals surface area contributed by atoms with Gasteiger partial charge in [0, 0.05) is 19.6 Å². The van der Waals surface area contributed by atoms with Crippen molar-refractivity contribution in [1.29, 1.82) is 0 Å². The lowest BCUT2D eigenvalue weighted by molar-refractivity contribution is 0.115. The van der Waals surface area contributed by atoms with Crippen LogP contribution >= 0.6 is 0 Å². The lowest BCUT2D eigenvalue weighted by Gasteiger charge is -2.19.